The average Bonchev–Trinajstić information content (AvgIpc) is 2.95. The fraction of sp³-hybridized carbons (Fsp3) is 1.00. The van der Waals surface area contributed by atoms with Crippen LogP contribution in [0.4, 0.5) is 4.39 Å². The smallest absolute Gasteiger partial charge is 0.102 e. The van der Waals surface area contributed by atoms with Gasteiger partial charge in [-0.05, 0) is 39.5 Å². The Labute approximate surface area is 92.2 Å². The molecule has 1 aliphatic heterocycles. The van der Waals surface area contributed by atoms with Crippen molar-refractivity contribution in [1.29, 1.82) is 0 Å². The minimum absolute atomic E-state index is 0.129. The highest BCUT2D eigenvalue weighted by molar-refractivity contribution is 5.06. The SMILES string of the molecule is CC1(C)CN(CCF)C(C)(C2CC2)CN1. The van der Waals surface area contributed by atoms with Crippen molar-refractivity contribution in [2.45, 2.75) is 44.7 Å². The fourth-order valence-corrected chi connectivity index (χ4v) is 2.79. The van der Waals surface area contributed by atoms with Gasteiger partial charge in [-0.3, -0.25) is 4.90 Å². The maximum atomic E-state index is 12.6. The first-order valence-corrected chi connectivity index (χ1v) is 6.04. The van der Waals surface area contributed by atoms with Crippen molar-refractivity contribution in [2.24, 2.45) is 5.92 Å². The second-order valence-corrected chi connectivity index (χ2v) is 5.98. The molecule has 15 heavy (non-hydrogen) atoms. The number of hydrogen-bond donors (Lipinski definition) is 1. The van der Waals surface area contributed by atoms with E-state index in [-0.39, 0.29) is 17.8 Å². The van der Waals surface area contributed by atoms with Crippen molar-refractivity contribution in [1.82, 2.24) is 10.2 Å². The van der Waals surface area contributed by atoms with Crippen LogP contribution in [0.3, 0.4) is 0 Å². The molecule has 2 rings (SSSR count). The highest BCUT2D eigenvalue weighted by atomic mass is 19.1. The second kappa shape index (κ2) is 3.70. The standard InChI is InChI=1S/C12H23FN2/c1-11(2)9-15(7-6-13)12(3,8-14-11)10-4-5-10/h10,14H,4-9H2,1-3H3. The van der Waals surface area contributed by atoms with E-state index in [0.717, 1.165) is 19.0 Å². The van der Waals surface area contributed by atoms with Crippen molar-refractivity contribution >= 4 is 0 Å². The number of piperazine rings is 1. The summed E-state index contributed by atoms with van der Waals surface area (Å²) in [5.74, 6) is 0.785. The van der Waals surface area contributed by atoms with Crippen molar-refractivity contribution in [3.63, 3.8) is 0 Å². The van der Waals surface area contributed by atoms with Crippen LogP contribution < -0.4 is 5.32 Å². The summed E-state index contributed by atoms with van der Waals surface area (Å²) in [5.41, 5.74) is 0.325. The lowest BCUT2D eigenvalue weighted by Gasteiger charge is -2.51. The van der Waals surface area contributed by atoms with Crippen LogP contribution in [-0.4, -0.2) is 42.3 Å². The van der Waals surface area contributed by atoms with Gasteiger partial charge in [-0.1, -0.05) is 0 Å². The van der Waals surface area contributed by atoms with Crippen LogP contribution in [0.15, 0.2) is 0 Å². The molecule has 0 amide bonds. The van der Waals surface area contributed by atoms with Gasteiger partial charge in [0, 0.05) is 30.7 Å². The molecule has 2 nitrogen and oxygen atoms in total. The van der Waals surface area contributed by atoms with E-state index >= 15 is 0 Å². The Morgan fingerprint density at radius 2 is 2.00 bits per heavy atom. The number of nitrogens with one attached hydrogen (secondary N) is 1. The van der Waals surface area contributed by atoms with E-state index in [0.29, 0.717) is 6.54 Å². The zero-order valence-corrected chi connectivity index (χ0v) is 10.1. The number of rotatable bonds is 3. The minimum atomic E-state index is -0.224. The van der Waals surface area contributed by atoms with Crippen molar-refractivity contribution in [3.05, 3.63) is 0 Å². The summed E-state index contributed by atoms with van der Waals surface area (Å²) in [7, 11) is 0. The lowest BCUT2D eigenvalue weighted by Crippen LogP contribution is -2.68. The molecule has 2 aliphatic rings. The number of halogens is 1. The molecule has 2 fully saturated rings. The molecule has 0 radical (unpaired) electrons. The van der Waals surface area contributed by atoms with E-state index < -0.39 is 0 Å². The Balaban J connectivity index is 2.09. The second-order valence-electron chi connectivity index (χ2n) is 5.98. The highest BCUT2D eigenvalue weighted by Crippen LogP contribution is 2.44. The van der Waals surface area contributed by atoms with Crippen LogP contribution >= 0.6 is 0 Å². The molecular weight excluding hydrogens is 191 g/mol. The number of hydrogen-bond acceptors (Lipinski definition) is 2. The first-order valence-electron chi connectivity index (χ1n) is 6.04. The Kier molecular flexibility index (Phi) is 2.80. The topological polar surface area (TPSA) is 15.3 Å². The molecular formula is C12H23FN2. The summed E-state index contributed by atoms with van der Waals surface area (Å²) >= 11 is 0. The van der Waals surface area contributed by atoms with Crippen molar-refractivity contribution < 1.29 is 4.39 Å². The van der Waals surface area contributed by atoms with Gasteiger partial charge in [-0.15, -0.1) is 0 Å². The van der Waals surface area contributed by atoms with E-state index in [1.807, 2.05) is 0 Å². The molecule has 0 aromatic rings. The zero-order chi connectivity index (χ0) is 11.1. The largest absolute Gasteiger partial charge is 0.309 e. The molecule has 1 atom stereocenters. The normalized spacial score (nSPS) is 36.8. The van der Waals surface area contributed by atoms with Crippen LogP contribution in [-0.2, 0) is 0 Å². The van der Waals surface area contributed by atoms with E-state index in [2.05, 4.69) is 31.0 Å². The monoisotopic (exact) mass is 214 g/mol. The zero-order valence-electron chi connectivity index (χ0n) is 10.1. The van der Waals surface area contributed by atoms with Gasteiger partial charge in [0.25, 0.3) is 0 Å². The summed E-state index contributed by atoms with van der Waals surface area (Å²) < 4.78 is 12.6. The van der Waals surface area contributed by atoms with E-state index in [4.69, 9.17) is 0 Å². The van der Waals surface area contributed by atoms with Crippen LogP contribution in [0, 0.1) is 5.92 Å². The Morgan fingerprint density at radius 3 is 2.53 bits per heavy atom. The van der Waals surface area contributed by atoms with Gasteiger partial charge >= 0.3 is 0 Å². The molecule has 1 aliphatic carbocycles. The predicted molar refractivity (Wildman–Crippen MR) is 60.8 cm³/mol. The van der Waals surface area contributed by atoms with Gasteiger partial charge in [0.05, 0.1) is 0 Å². The van der Waals surface area contributed by atoms with Gasteiger partial charge in [0.2, 0.25) is 0 Å². The third-order valence-electron chi connectivity index (χ3n) is 4.04. The first-order chi connectivity index (χ1) is 6.98. The maximum absolute atomic E-state index is 12.6. The van der Waals surface area contributed by atoms with Crippen LogP contribution in [0.2, 0.25) is 0 Å². The van der Waals surface area contributed by atoms with Gasteiger partial charge in [0.1, 0.15) is 6.67 Å². The molecule has 1 heterocycles. The summed E-state index contributed by atoms with van der Waals surface area (Å²) in [6.07, 6.45) is 2.64. The quantitative estimate of drug-likeness (QED) is 0.771. The highest BCUT2D eigenvalue weighted by Gasteiger charge is 2.49. The lowest BCUT2D eigenvalue weighted by molar-refractivity contribution is 0.00811. The number of alkyl halides is 1. The van der Waals surface area contributed by atoms with Crippen LogP contribution in [0.1, 0.15) is 33.6 Å². The van der Waals surface area contributed by atoms with Gasteiger partial charge < -0.3 is 5.32 Å². The number of nitrogens with zero attached hydrogens (tertiary/aromatic N) is 1. The molecule has 1 unspecified atom stereocenters. The Morgan fingerprint density at radius 1 is 1.33 bits per heavy atom. The van der Waals surface area contributed by atoms with Gasteiger partial charge in [-0.25, -0.2) is 4.39 Å². The van der Waals surface area contributed by atoms with Crippen LogP contribution in [0.25, 0.3) is 0 Å². The van der Waals surface area contributed by atoms with E-state index in [1.165, 1.54) is 12.8 Å². The van der Waals surface area contributed by atoms with Crippen molar-refractivity contribution in [3.8, 4) is 0 Å². The fourth-order valence-electron chi connectivity index (χ4n) is 2.79. The van der Waals surface area contributed by atoms with Crippen molar-refractivity contribution in [2.75, 3.05) is 26.3 Å². The predicted octanol–water partition coefficient (Wildman–Crippen LogP) is 1.81. The molecule has 88 valence electrons. The molecule has 0 aromatic carbocycles. The molecule has 1 N–H and O–H groups in total. The third-order valence-corrected chi connectivity index (χ3v) is 4.04. The summed E-state index contributed by atoms with van der Waals surface area (Å²) in [6.45, 7) is 9.03. The minimum Gasteiger partial charge on any atom is -0.309 e. The third kappa shape index (κ3) is 2.18. The van der Waals surface area contributed by atoms with E-state index in [9.17, 15) is 4.39 Å². The Hall–Kier alpha value is -0.150. The van der Waals surface area contributed by atoms with E-state index in [1.54, 1.807) is 0 Å². The van der Waals surface area contributed by atoms with Gasteiger partial charge in [-0.2, -0.15) is 0 Å². The molecule has 0 aromatic heterocycles. The molecule has 1 saturated heterocycles. The molecule has 3 heteroatoms. The first kappa shape index (κ1) is 11.3. The van der Waals surface area contributed by atoms with Crippen LogP contribution in [0.5, 0.6) is 0 Å². The molecule has 1 saturated carbocycles. The average molecular weight is 214 g/mol. The maximum Gasteiger partial charge on any atom is 0.102 e. The summed E-state index contributed by atoms with van der Waals surface area (Å²) in [5, 5.41) is 3.59. The summed E-state index contributed by atoms with van der Waals surface area (Å²) in [6, 6.07) is 0. The van der Waals surface area contributed by atoms with Gasteiger partial charge in [0.15, 0.2) is 0 Å². The summed E-state index contributed by atoms with van der Waals surface area (Å²) in [4.78, 5) is 2.36. The molecule has 0 spiro atoms. The lowest BCUT2D eigenvalue weighted by atomic mass is 9.86. The molecule has 0 bridgehead atoms. The Bertz CT molecular complexity index is 238.